The van der Waals surface area contributed by atoms with Crippen LogP contribution in [0, 0.1) is 13.8 Å². The van der Waals surface area contributed by atoms with Gasteiger partial charge in [0, 0.05) is 12.6 Å². The number of nitrogens with one attached hydrogen (secondary N) is 1. The summed E-state index contributed by atoms with van der Waals surface area (Å²) in [6, 6.07) is 19.9. The van der Waals surface area contributed by atoms with Gasteiger partial charge in [-0.3, -0.25) is 13.9 Å². The van der Waals surface area contributed by atoms with Crippen LogP contribution in [0.4, 0.5) is 5.69 Å². The Morgan fingerprint density at radius 2 is 1.55 bits per heavy atom. The van der Waals surface area contributed by atoms with Crippen LogP contribution in [-0.2, 0) is 26.2 Å². The normalized spacial score (nSPS) is 12.1. The molecule has 1 atom stereocenters. The summed E-state index contributed by atoms with van der Waals surface area (Å²) in [5, 5.41) is 2.90. The van der Waals surface area contributed by atoms with Gasteiger partial charge in [-0.15, -0.1) is 0 Å². The Hall–Kier alpha value is -3.85. The highest BCUT2D eigenvalue weighted by atomic mass is 32.2. The summed E-state index contributed by atoms with van der Waals surface area (Å²) < 4.78 is 34.3. The molecular formula is C31H39N3O5S. The molecule has 40 heavy (non-hydrogen) atoms. The summed E-state index contributed by atoms with van der Waals surface area (Å²) in [7, 11) is -2.53. The van der Waals surface area contributed by atoms with E-state index < -0.39 is 28.5 Å². The molecule has 0 radical (unpaired) electrons. The molecule has 0 saturated carbocycles. The standard InChI is InChI=1S/C31H39N3O5S/c1-7-28(31(36)32-22(2)3)33(20-25-14-16-26(39-6)17-15-25)30(35)21-34(29-11-9-8-10-24(29)5)40(37,38)27-18-12-23(4)13-19-27/h8-19,22,28H,7,20-21H2,1-6H3,(H,32,36)/t28-/m0/s1. The van der Waals surface area contributed by atoms with E-state index in [2.05, 4.69) is 5.32 Å². The number of para-hydroxylation sites is 1. The summed E-state index contributed by atoms with van der Waals surface area (Å²) in [4.78, 5) is 28.9. The van der Waals surface area contributed by atoms with Crippen LogP contribution in [0.5, 0.6) is 5.75 Å². The minimum absolute atomic E-state index is 0.0837. The first-order chi connectivity index (χ1) is 19.0. The number of methoxy groups -OCH3 is 1. The number of rotatable bonds is 12. The fourth-order valence-corrected chi connectivity index (χ4v) is 5.90. The quantitative estimate of drug-likeness (QED) is 0.339. The lowest BCUT2D eigenvalue weighted by Crippen LogP contribution is -2.53. The van der Waals surface area contributed by atoms with Crippen molar-refractivity contribution in [3.05, 3.63) is 89.5 Å². The number of carbonyl (C=O) groups is 2. The Morgan fingerprint density at radius 1 is 0.925 bits per heavy atom. The van der Waals surface area contributed by atoms with Crippen molar-refractivity contribution in [3.8, 4) is 5.75 Å². The van der Waals surface area contributed by atoms with Gasteiger partial charge in [-0.2, -0.15) is 0 Å². The molecule has 2 amide bonds. The molecule has 0 saturated heterocycles. The maximum Gasteiger partial charge on any atom is 0.264 e. The molecule has 214 valence electrons. The topological polar surface area (TPSA) is 96.0 Å². The van der Waals surface area contributed by atoms with Gasteiger partial charge in [-0.25, -0.2) is 8.42 Å². The van der Waals surface area contributed by atoms with Crippen molar-refractivity contribution in [1.82, 2.24) is 10.2 Å². The third kappa shape index (κ3) is 7.41. The zero-order chi connectivity index (χ0) is 29.4. The minimum Gasteiger partial charge on any atom is -0.497 e. The molecule has 3 aromatic rings. The van der Waals surface area contributed by atoms with Crippen LogP contribution in [0.1, 0.15) is 43.9 Å². The minimum atomic E-state index is -4.11. The van der Waals surface area contributed by atoms with Crippen LogP contribution in [0.3, 0.4) is 0 Å². The van der Waals surface area contributed by atoms with E-state index in [1.165, 1.54) is 4.90 Å². The van der Waals surface area contributed by atoms with Gasteiger partial charge in [0.05, 0.1) is 17.7 Å². The van der Waals surface area contributed by atoms with Crippen LogP contribution in [0.25, 0.3) is 0 Å². The lowest BCUT2D eigenvalue weighted by molar-refractivity contribution is -0.140. The van der Waals surface area contributed by atoms with Gasteiger partial charge in [0.25, 0.3) is 10.0 Å². The summed E-state index contributed by atoms with van der Waals surface area (Å²) in [5.74, 6) is -0.107. The van der Waals surface area contributed by atoms with Gasteiger partial charge in [0.15, 0.2) is 0 Å². The number of anilines is 1. The Balaban J connectivity index is 2.07. The molecule has 0 aliphatic carbocycles. The van der Waals surface area contributed by atoms with Gasteiger partial charge >= 0.3 is 0 Å². The molecule has 3 aromatic carbocycles. The van der Waals surface area contributed by atoms with Crippen molar-refractivity contribution in [2.75, 3.05) is 18.0 Å². The van der Waals surface area contributed by atoms with Gasteiger partial charge in [0.1, 0.15) is 18.3 Å². The second-order valence-electron chi connectivity index (χ2n) is 10.1. The van der Waals surface area contributed by atoms with Crippen LogP contribution >= 0.6 is 0 Å². The average molecular weight is 566 g/mol. The maximum atomic E-state index is 14.1. The number of sulfonamides is 1. The summed E-state index contributed by atoms with van der Waals surface area (Å²) in [6.45, 7) is 8.88. The molecule has 0 aromatic heterocycles. The van der Waals surface area contributed by atoms with E-state index in [4.69, 9.17) is 4.74 Å². The van der Waals surface area contributed by atoms with Gasteiger partial charge in [-0.1, -0.05) is 55.0 Å². The predicted octanol–water partition coefficient (Wildman–Crippen LogP) is 4.84. The molecule has 0 unspecified atom stereocenters. The highest BCUT2D eigenvalue weighted by Crippen LogP contribution is 2.28. The van der Waals surface area contributed by atoms with E-state index in [0.29, 0.717) is 23.4 Å². The molecular weight excluding hydrogens is 526 g/mol. The van der Waals surface area contributed by atoms with E-state index in [1.807, 2.05) is 45.9 Å². The number of hydrogen-bond donors (Lipinski definition) is 1. The summed E-state index contributed by atoms with van der Waals surface area (Å²) in [5.41, 5.74) is 2.82. The fraction of sp³-hybridized carbons (Fsp3) is 0.355. The molecule has 0 bridgehead atoms. The van der Waals surface area contributed by atoms with E-state index in [-0.39, 0.29) is 23.4 Å². The number of amides is 2. The highest BCUT2D eigenvalue weighted by Gasteiger charge is 2.34. The molecule has 0 fully saturated rings. The number of aryl methyl sites for hydroxylation is 2. The highest BCUT2D eigenvalue weighted by molar-refractivity contribution is 7.92. The first-order valence-corrected chi connectivity index (χ1v) is 14.8. The number of benzene rings is 3. The van der Waals surface area contributed by atoms with Crippen molar-refractivity contribution in [2.24, 2.45) is 0 Å². The SMILES string of the molecule is CC[C@@H](C(=O)NC(C)C)N(Cc1ccc(OC)cc1)C(=O)CN(c1ccccc1C)S(=O)(=O)c1ccc(C)cc1. The monoisotopic (exact) mass is 565 g/mol. The Labute approximate surface area is 238 Å². The first kappa shape index (κ1) is 30.7. The fourth-order valence-electron chi connectivity index (χ4n) is 4.42. The van der Waals surface area contributed by atoms with E-state index in [0.717, 1.165) is 15.4 Å². The van der Waals surface area contributed by atoms with E-state index in [1.54, 1.807) is 68.6 Å². The maximum absolute atomic E-state index is 14.1. The molecule has 0 heterocycles. The Kier molecular flexibility index (Phi) is 10.3. The number of carbonyl (C=O) groups excluding carboxylic acids is 2. The van der Waals surface area contributed by atoms with Crippen LogP contribution < -0.4 is 14.4 Å². The van der Waals surface area contributed by atoms with Crippen LogP contribution in [-0.4, -0.2) is 50.9 Å². The van der Waals surface area contributed by atoms with E-state index in [9.17, 15) is 18.0 Å². The van der Waals surface area contributed by atoms with Crippen molar-refractivity contribution < 1.29 is 22.7 Å². The molecule has 8 nitrogen and oxygen atoms in total. The molecule has 3 rings (SSSR count). The van der Waals surface area contributed by atoms with E-state index >= 15 is 0 Å². The third-order valence-electron chi connectivity index (χ3n) is 6.60. The molecule has 0 aliphatic heterocycles. The largest absolute Gasteiger partial charge is 0.497 e. The van der Waals surface area contributed by atoms with Crippen molar-refractivity contribution in [1.29, 1.82) is 0 Å². The number of ether oxygens (including phenoxy) is 1. The number of nitrogens with zero attached hydrogens (tertiary/aromatic N) is 2. The van der Waals surface area contributed by atoms with Gasteiger partial charge in [0.2, 0.25) is 11.8 Å². The Bertz CT molecular complexity index is 1400. The lowest BCUT2D eigenvalue weighted by atomic mass is 10.1. The van der Waals surface area contributed by atoms with Crippen LogP contribution in [0.15, 0.2) is 77.7 Å². The first-order valence-electron chi connectivity index (χ1n) is 13.4. The second-order valence-corrected chi connectivity index (χ2v) is 11.9. The lowest BCUT2D eigenvalue weighted by Gasteiger charge is -2.34. The van der Waals surface area contributed by atoms with Crippen molar-refractivity contribution >= 4 is 27.5 Å². The predicted molar refractivity (Wildman–Crippen MR) is 158 cm³/mol. The van der Waals surface area contributed by atoms with Crippen LogP contribution in [0.2, 0.25) is 0 Å². The van der Waals surface area contributed by atoms with Crippen molar-refractivity contribution in [2.45, 2.75) is 64.6 Å². The smallest absolute Gasteiger partial charge is 0.264 e. The zero-order valence-corrected chi connectivity index (χ0v) is 24.9. The second kappa shape index (κ2) is 13.5. The molecule has 9 heteroatoms. The van der Waals surface area contributed by atoms with Gasteiger partial charge in [-0.05, 0) is 75.6 Å². The molecule has 1 N–H and O–H groups in total. The van der Waals surface area contributed by atoms with Crippen molar-refractivity contribution in [3.63, 3.8) is 0 Å². The summed E-state index contributed by atoms with van der Waals surface area (Å²) >= 11 is 0. The zero-order valence-electron chi connectivity index (χ0n) is 24.0. The number of hydrogen-bond acceptors (Lipinski definition) is 5. The average Bonchev–Trinajstić information content (AvgIpc) is 2.92. The molecule has 0 aliphatic rings. The third-order valence-corrected chi connectivity index (χ3v) is 8.37. The summed E-state index contributed by atoms with van der Waals surface area (Å²) in [6.07, 6.45) is 0.357. The van der Waals surface area contributed by atoms with Gasteiger partial charge < -0.3 is 15.0 Å². The molecule has 0 spiro atoms. The Morgan fingerprint density at radius 3 is 2.10 bits per heavy atom.